The van der Waals surface area contributed by atoms with Gasteiger partial charge < -0.3 is 10.6 Å². The van der Waals surface area contributed by atoms with Gasteiger partial charge >= 0.3 is 0 Å². The summed E-state index contributed by atoms with van der Waals surface area (Å²) in [7, 11) is 0. The molecule has 0 heterocycles. The van der Waals surface area contributed by atoms with Gasteiger partial charge in [-0.05, 0) is 31.9 Å². The first kappa shape index (κ1) is 14.8. The first-order valence-electron chi connectivity index (χ1n) is 7.08. The molecule has 0 saturated heterocycles. The molecule has 5 heteroatoms. The third kappa shape index (κ3) is 3.92. The average Bonchev–Trinajstić information content (AvgIpc) is 2.44. The third-order valence-electron chi connectivity index (χ3n) is 3.65. The second kappa shape index (κ2) is 6.68. The number of nitrogens with one attached hydrogen (secondary N) is 2. The highest BCUT2D eigenvalue weighted by Gasteiger charge is 2.19. The van der Waals surface area contributed by atoms with Gasteiger partial charge in [0.2, 0.25) is 5.91 Å². The Kier molecular flexibility index (Phi) is 4.93. The van der Waals surface area contributed by atoms with E-state index >= 15 is 0 Å². The standard InChI is InChI=1S/C15H20F2N2O/c1-10(15(20)19-11-5-3-2-4-6-11)18-12-7-8-13(16)14(17)9-12/h7-11,18H,2-6H2,1H3,(H,19,20). The number of rotatable bonds is 4. The highest BCUT2D eigenvalue weighted by molar-refractivity contribution is 5.84. The summed E-state index contributed by atoms with van der Waals surface area (Å²) in [6.45, 7) is 1.71. The molecule has 3 nitrogen and oxygen atoms in total. The summed E-state index contributed by atoms with van der Waals surface area (Å²) >= 11 is 0. The third-order valence-corrected chi connectivity index (χ3v) is 3.65. The molecular formula is C15H20F2N2O. The van der Waals surface area contributed by atoms with E-state index in [1.165, 1.54) is 12.5 Å². The molecule has 1 saturated carbocycles. The summed E-state index contributed by atoms with van der Waals surface area (Å²) in [5, 5.41) is 5.88. The lowest BCUT2D eigenvalue weighted by Gasteiger charge is -2.25. The quantitative estimate of drug-likeness (QED) is 0.890. The van der Waals surface area contributed by atoms with Gasteiger partial charge in [0.25, 0.3) is 0 Å². The zero-order valence-corrected chi connectivity index (χ0v) is 11.6. The molecule has 0 aromatic heterocycles. The summed E-state index contributed by atoms with van der Waals surface area (Å²) in [5.74, 6) is -1.92. The lowest BCUT2D eigenvalue weighted by molar-refractivity contribution is -0.122. The zero-order valence-electron chi connectivity index (χ0n) is 11.6. The maximum atomic E-state index is 13.1. The van der Waals surface area contributed by atoms with E-state index in [2.05, 4.69) is 10.6 Å². The van der Waals surface area contributed by atoms with Crippen LogP contribution in [0.25, 0.3) is 0 Å². The normalized spacial score (nSPS) is 17.6. The molecule has 1 aliphatic carbocycles. The van der Waals surface area contributed by atoms with Gasteiger partial charge in [-0.15, -0.1) is 0 Å². The van der Waals surface area contributed by atoms with Crippen LogP contribution in [0.1, 0.15) is 39.0 Å². The summed E-state index contributed by atoms with van der Waals surface area (Å²) < 4.78 is 25.9. The fraction of sp³-hybridized carbons (Fsp3) is 0.533. The number of carbonyl (C=O) groups excluding carboxylic acids is 1. The molecule has 1 amide bonds. The Bertz CT molecular complexity index is 473. The van der Waals surface area contributed by atoms with E-state index in [0.29, 0.717) is 5.69 Å². The molecular weight excluding hydrogens is 262 g/mol. The largest absolute Gasteiger partial charge is 0.374 e. The van der Waals surface area contributed by atoms with Crippen LogP contribution in [0.2, 0.25) is 0 Å². The fourth-order valence-electron chi connectivity index (χ4n) is 2.47. The molecule has 1 aliphatic rings. The first-order chi connectivity index (χ1) is 9.56. The Morgan fingerprint density at radius 2 is 1.90 bits per heavy atom. The van der Waals surface area contributed by atoms with Crippen LogP contribution in [0.3, 0.4) is 0 Å². The molecule has 2 rings (SSSR count). The van der Waals surface area contributed by atoms with Gasteiger partial charge in [-0.3, -0.25) is 4.79 Å². The van der Waals surface area contributed by atoms with Crippen molar-refractivity contribution >= 4 is 11.6 Å². The number of hydrogen-bond acceptors (Lipinski definition) is 2. The van der Waals surface area contributed by atoms with Crippen molar-refractivity contribution in [2.24, 2.45) is 0 Å². The Hall–Kier alpha value is -1.65. The Balaban J connectivity index is 1.88. The van der Waals surface area contributed by atoms with Crippen LogP contribution >= 0.6 is 0 Å². The summed E-state index contributed by atoms with van der Waals surface area (Å²) in [4.78, 5) is 12.0. The van der Waals surface area contributed by atoms with Crippen LogP contribution in [0, 0.1) is 11.6 Å². The maximum Gasteiger partial charge on any atom is 0.242 e. The second-order valence-electron chi connectivity index (χ2n) is 5.34. The minimum Gasteiger partial charge on any atom is -0.374 e. The van der Waals surface area contributed by atoms with E-state index in [1.807, 2.05) is 0 Å². The lowest BCUT2D eigenvalue weighted by Crippen LogP contribution is -2.44. The van der Waals surface area contributed by atoms with E-state index in [0.717, 1.165) is 37.8 Å². The van der Waals surface area contributed by atoms with Gasteiger partial charge in [-0.1, -0.05) is 19.3 Å². The van der Waals surface area contributed by atoms with E-state index < -0.39 is 17.7 Å². The molecule has 1 aromatic carbocycles. The smallest absolute Gasteiger partial charge is 0.242 e. The van der Waals surface area contributed by atoms with Gasteiger partial charge in [-0.25, -0.2) is 8.78 Å². The highest BCUT2D eigenvalue weighted by Crippen LogP contribution is 2.18. The highest BCUT2D eigenvalue weighted by atomic mass is 19.2. The molecule has 2 N–H and O–H groups in total. The van der Waals surface area contributed by atoms with Crippen molar-refractivity contribution in [1.29, 1.82) is 0 Å². The number of carbonyl (C=O) groups is 1. The van der Waals surface area contributed by atoms with Gasteiger partial charge in [0, 0.05) is 17.8 Å². The van der Waals surface area contributed by atoms with Crippen molar-refractivity contribution in [2.45, 2.75) is 51.1 Å². The molecule has 0 bridgehead atoms. The van der Waals surface area contributed by atoms with Crippen LogP contribution in [0.15, 0.2) is 18.2 Å². The predicted octanol–water partition coefficient (Wildman–Crippen LogP) is 3.21. The van der Waals surface area contributed by atoms with Crippen molar-refractivity contribution < 1.29 is 13.6 Å². The van der Waals surface area contributed by atoms with E-state index in [4.69, 9.17) is 0 Å². The molecule has 0 aliphatic heterocycles. The monoisotopic (exact) mass is 282 g/mol. The van der Waals surface area contributed by atoms with E-state index in [-0.39, 0.29) is 11.9 Å². The van der Waals surface area contributed by atoms with Crippen molar-refractivity contribution in [2.75, 3.05) is 5.32 Å². The van der Waals surface area contributed by atoms with Crippen molar-refractivity contribution in [3.8, 4) is 0 Å². The fourth-order valence-corrected chi connectivity index (χ4v) is 2.47. The lowest BCUT2D eigenvalue weighted by atomic mass is 9.95. The van der Waals surface area contributed by atoms with Gasteiger partial charge in [-0.2, -0.15) is 0 Å². The van der Waals surface area contributed by atoms with Crippen molar-refractivity contribution in [1.82, 2.24) is 5.32 Å². The predicted molar refractivity (Wildman–Crippen MR) is 74.5 cm³/mol. The number of amides is 1. The molecule has 1 fully saturated rings. The number of anilines is 1. The average molecular weight is 282 g/mol. The molecule has 1 unspecified atom stereocenters. The number of hydrogen-bond donors (Lipinski definition) is 2. The zero-order chi connectivity index (χ0) is 14.5. The summed E-state index contributed by atoms with van der Waals surface area (Å²) in [6, 6.07) is 3.28. The number of benzene rings is 1. The SMILES string of the molecule is CC(Nc1ccc(F)c(F)c1)C(=O)NC1CCCCC1. The first-order valence-corrected chi connectivity index (χ1v) is 7.08. The molecule has 110 valence electrons. The molecule has 1 atom stereocenters. The van der Waals surface area contributed by atoms with E-state index in [9.17, 15) is 13.6 Å². The van der Waals surface area contributed by atoms with Crippen LogP contribution in [0.5, 0.6) is 0 Å². The molecule has 0 radical (unpaired) electrons. The van der Waals surface area contributed by atoms with Crippen LogP contribution in [-0.2, 0) is 4.79 Å². The molecule has 20 heavy (non-hydrogen) atoms. The van der Waals surface area contributed by atoms with Crippen molar-refractivity contribution in [3.63, 3.8) is 0 Å². The minimum absolute atomic E-state index is 0.110. The minimum atomic E-state index is -0.921. The van der Waals surface area contributed by atoms with Crippen LogP contribution in [0.4, 0.5) is 14.5 Å². The Morgan fingerprint density at radius 3 is 2.55 bits per heavy atom. The van der Waals surface area contributed by atoms with Crippen molar-refractivity contribution in [3.05, 3.63) is 29.8 Å². The van der Waals surface area contributed by atoms with E-state index in [1.54, 1.807) is 6.92 Å². The van der Waals surface area contributed by atoms with Gasteiger partial charge in [0.15, 0.2) is 11.6 Å². The topological polar surface area (TPSA) is 41.1 Å². The molecule has 0 spiro atoms. The molecule has 1 aromatic rings. The number of halogens is 2. The maximum absolute atomic E-state index is 13.1. The summed E-state index contributed by atoms with van der Waals surface area (Å²) in [5.41, 5.74) is 0.398. The Morgan fingerprint density at radius 1 is 1.20 bits per heavy atom. The van der Waals surface area contributed by atoms with Gasteiger partial charge in [0.1, 0.15) is 6.04 Å². The Labute approximate surface area is 117 Å². The van der Waals surface area contributed by atoms with Gasteiger partial charge in [0.05, 0.1) is 0 Å². The van der Waals surface area contributed by atoms with Crippen LogP contribution < -0.4 is 10.6 Å². The van der Waals surface area contributed by atoms with Crippen LogP contribution in [-0.4, -0.2) is 18.0 Å². The second-order valence-corrected chi connectivity index (χ2v) is 5.34. The summed E-state index contributed by atoms with van der Waals surface area (Å²) in [6.07, 6.45) is 5.56.